The number of aliphatic hydroxyl groups excluding tert-OH is 1. The summed E-state index contributed by atoms with van der Waals surface area (Å²) in [7, 11) is 0. The quantitative estimate of drug-likeness (QED) is 0.414. The summed E-state index contributed by atoms with van der Waals surface area (Å²) < 4.78 is 6.46. The van der Waals surface area contributed by atoms with Gasteiger partial charge in [-0.15, -0.1) is 11.3 Å². The molecule has 0 fully saturated rings. The second-order valence-electron chi connectivity index (χ2n) is 5.81. The van der Waals surface area contributed by atoms with Crippen LogP contribution in [-0.2, 0) is 6.61 Å². The molecule has 0 aliphatic rings. The third kappa shape index (κ3) is 3.47. The van der Waals surface area contributed by atoms with Gasteiger partial charge in [0, 0.05) is 21.3 Å². The molecule has 0 unspecified atom stereocenters. The Morgan fingerprint density at radius 1 is 1.11 bits per heavy atom. The summed E-state index contributed by atoms with van der Waals surface area (Å²) >= 11 is 14.1. The summed E-state index contributed by atoms with van der Waals surface area (Å²) in [6, 6.07) is 16.2. The number of nitrogens with one attached hydrogen (secondary N) is 1. The van der Waals surface area contributed by atoms with Gasteiger partial charge >= 0.3 is 0 Å². The van der Waals surface area contributed by atoms with Gasteiger partial charge in [0.2, 0.25) is 0 Å². The number of carbonyl (C=O) groups excluding carboxylic acids is 1. The van der Waals surface area contributed by atoms with Crippen molar-refractivity contribution in [3.8, 4) is 11.3 Å². The normalized spacial score (nSPS) is 11.1. The van der Waals surface area contributed by atoms with E-state index in [-0.39, 0.29) is 12.5 Å². The van der Waals surface area contributed by atoms with Crippen LogP contribution in [0.1, 0.15) is 15.4 Å². The zero-order valence-corrected chi connectivity index (χ0v) is 16.2. The molecule has 1 amide bonds. The molecule has 136 valence electrons. The second kappa shape index (κ2) is 7.37. The zero-order chi connectivity index (χ0) is 19.0. The van der Waals surface area contributed by atoms with Gasteiger partial charge in [0.15, 0.2) is 0 Å². The first-order chi connectivity index (χ1) is 13.1. The SMILES string of the molecule is O=C(Nc1ccc(-c2ccc(CO)o2)c(Cl)c1)c1sc2ccccc2c1Cl. The highest BCUT2D eigenvalue weighted by Gasteiger charge is 2.18. The van der Waals surface area contributed by atoms with Crippen LogP contribution in [0.3, 0.4) is 0 Å². The topological polar surface area (TPSA) is 62.5 Å². The molecule has 0 atom stereocenters. The maximum atomic E-state index is 12.6. The van der Waals surface area contributed by atoms with Crippen LogP contribution < -0.4 is 5.32 Å². The number of furan rings is 1. The molecule has 7 heteroatoms. The predicted molar refractivity (Wildman–Crippen MR) is 110 cm³/mol. The Morgan fingerprint density at radius 3 is 2.63 bits per heavy atom. The van der Waals surface area contributed by atoms with Crippen LogP contribution in [0.15, 0.2) is 59.0 Å². The molecule has 0 aliphatic carbocycles. The van der Waals surface area contributed by atoms with E-state index in [0.29, 0.717) is 37.7 Å². The van der Waals surface area contributed by atoms with E-state index in [0.717, 1.165) is 10.1 Å². The van der Waals surface area contributed by atoms with Crippen LogP contribution >= 0.6 is 34.5 Å². The number of amides is 1. The van der Waals surface area contributed by atoms with E-state index in [1.807, 2.05) is 24.3 Å². The summed E-state index contributed by atoms with van der Waals surface area (Å²) in [4.78, 5) is 13.1. The maximum Gasteiger partial charge on any atom is 0.267 e. The van der Waals surface area contributed by atoms with Crippen molar-refractivity contribution in [3.63, 3.8) is 0 Å². The van der Waals surface area contributed by atoms with Gasteiger partial charge in [-0.2, -0.15) is 0 Å². The molecule has 2 heterocycles. The lowest BCUT2D eigenvalue weighted by molar-refractivity contribution is 0.103. The lowest BCUT2D eigenvalue weighted by atomic mass is 10.1. The van der Waals surface area contributed by atoms with Crippen molar-refractivity contribution in [3.05, 3.63) is 75.3 Å². The molecule has 2 aromatic carbocycles. The minimum Gasteiger partial charge on any atom is -0.459 e. The minimum atomic E-state index is -0.286. The molecule has 2 N–H and O–H groups in total. The molecule has 0 bridgehead atoms. The van der Waals surface area contributed by atoms with Gasteiger partial charge < -0.3 is 14.8 Å². The molecule has 27 heavy (non-hydrogen) atoms. The second-order valence-corrected chi connectivity index (χ2v) is 7.65. The van der Waals surface area contributed by atoms with Crippen molar-refractivity contribution in [2.45, 2.75) is 6.61 Å². The van der Waals surface area contributed by atoms with Gasteiger partial charge in [0.1, 0.15) is 23.0 Å². The Morgan fingerprint density at radius 2 is 1.93 bits per heavy atom. The number of halogens is 2. The summed E-state index contributed by atoms with van der Waals surface area (Å²) in [5, 5.41) is 13.7. The Balaban J connectivity index is 1.59. The minimum absolute atomic E-state index is 0.179. The molecule has 0 spiro atoms. The van der Waals surface area contributed by atoms with E-state index in [1.54, 1.807) is 30.3 Å². The molecule has 4 nitrogen and oxygen atoms in total. The lowest BCUT2D eigenvalue weighted by Gasteiger charge is -2.07. The van der Waals surface area contributed by atoms with Crippen LogP contribution in [0.4, 0.5) is 5.69 Å². The van der Waals surface area contributed by atoms with Gasteiger partial charge in [-0.05, 0) is 36.4 Å². The Bertz CT molecular complexity index is 1150. The Hall–Kier alpha value is -2.31. The van der Waals surface area contributed by atoms with Crippen LogP contribution in [0.5, 0.6) is 0 Å². The van der Waals surface area contributed by atoms with Crippen molar-refractivity contribution in [2.24, 2.45) is 0 Å². The van der Waals surface area contributed by atoms with E-state index in [2.05, 4.69) is 5.32 Å². The molecule has 2 aromatic heterocycles. The number of benzene rings is 2. The first kappa shape index (κ1) is 18.1. The van der Waals surface area contributed by atoms with Crippen LogP contribution in [0, 0.1) is 0 Å². The van der Waals surface area contributed by atoms with Gasteiger partial charge in [-0.3, -0.25) is 4.79 Å². The first-order valence-electron chi connectivity index (χ1n) is 8.04. The fourth-order valence-electron chi connectivity index (χ4n) is 2.75. The number of carbonyl (C=O) groups is 1. The van der Waals surface area contributed by atoms with E-state index in [1.165, 1.54) is 11.3 Å². The number of hydrogen-bond donors (Lipinski definition) is 2. The molecular formula is C20H13Cl2NO3S. The molecule has 0 radical (unpaired) electrons. The molecule has 0 aliphatic heterocycles. The smallest absolute Gasteiger partial charge is 0.267 e. The van der Waals surface area contributed by atoms with Gasteiger partial charge in [-0.1, -0.05) is 41.4 Å². The highest BCUT2D eigenvalue weighted by Crippen LogP contribution is 2.36. The number of thiophene rings is 1. The highest BCUT2D eigenvalue weighted by molar-refractivity contribution is 7.21. The third-order valence-electron chi connectivity index (χ3n) is 4.05. The van der Waals surface area contributed by atoms with Gasteiger partial charge in [0.05, 0.1) is 10.0 Å². The summed E-state index contributed by atoms with van der Waals surface area (Å²) in [5.74, 6) is 0.720. The predicted octanol–water partition coefficient (Wildman–Crippen LogP) is 6.21. The van der Waals surface area contributed by atoms with Crippen molar-refractivity contribution >= 4 is 56.2 Å². The van der Waals surface area contributed by atoms with Crippen LogP contribution in [0.2, 0.25) is 10.0 Å². The molecule has 0 saturated heterocycles. The molecule has 0 saturated carbocycles. The number of anilines is 1. The molecular weight excluding hydrogens is 405 g/mol. The van der Waals surface area contributed by atoms with E-state index in [9.17, 15) is 4.79 Å². The average Bonchev–Trinajstić information content (AvgIpc) is 3.27. The number of rotatable bonds is 4. The first-order valence-corrected chi connectivity index (χ1v) is 9.62. The molecule has 4 rings (SSSR count). The number of aliphatic hydroxyl groups is 1. The van der Waals surface area contributed by atoms with Crippen LogP contribution in [-0.4, -0.2) is 11.0 Å². The van der Waals surface area contributed by atoms with E-state index >= 15 is 0 Å². The molecule has 4 aromatic rings. The standard InChI is InChI=1S/C20H13Cl2NO3S/c21-15-9-11(5-7-13(15)16-8-6-12(10-24)26-16)23-20(25)19-18(22)14-3-1-2-4-17(14)27-19/h1-9,24H,10H2,(H,23,25). The van der Waals surface area contributed by atoms with Crippen molar-refractivity contribution < 1.29 is 14.3 Å². The monoisotopic (exact) mass is 417 g/mol. The largest absolute Gasteiger partial charge is 0.459 e. The maximum absolute atomic E-state index is 12.6. The average molecular weight is 418 g/mol. The lowest BCUT2D eigenvalue weighted by Crippen LogP contribution is -2.10. The van der Waals surface area contributed by atoms with Crippen LogP contribution in [0.25, 0.3) is 21.4 Å². The summed E-state index contributed by atoms with van der Waals surface area (Å²) in [5.41, 5.74) is 1.23. The Kier molecular flexibility index (Phi) is 4.93. The summed E-state index contributed by atoms with van der Waals surface area (Å²) in [6.07, 6.45) is 0. The Labute approximate surface area is 169 Å². The van der Waals surface area contributed by atoms with Gasteiger partial charge in [0.25, 0.3) is 5.91 Å². The fraction of sp³-hybridized carbons (Fsp3) is 0.0500. The van der Waals surface area contributed by atoms with E-state index < -0.39 is 0 Å². The van der Waals surface area contributed by atoms with Crippen molar-refractivity contribution in [2.75, 3.05) is 5.32 Å². The summed E-state index contributed by atoms with van der Waals surface area (Å²) in [6.45, 7) is -0.179. The number of hydrogen-bond acceptors (Lipinski definition) is 4. The zero-order valence-electron chi connectivity index (χ0n) is 13.8. The van der Waals surface area contributed by atoms with Crippen molar-refractivity contribution in [1.29, 1.82) is 0 Å². The van der Waals surface area contributed by atoms with E-state index in [4.69, 9.17) is 32.7 Å². The van der Waals surface area contributed by atoms with Crippen molar-refractivity contribution in [1.82, 2.24) is 0 Å². The highest BCUT2D eigenvalue weighted by atomic mass is 35.5. The number of fused-ring (bicyclic) bond motifs is 1. The third-order valence-corrected chi connectivity index (χ3v) is 6.04. The fourth-order valence-corrected chi connectivity index (χ4v) is 4.43. The van der Waals surface area contributed by atoms with Gasteiger partial charge in [-0.25, -0.2) is 0 Å².